The fourth-order valence-corrected chi connectivity index (χ4v) is 5.63. The first-order chi connectivity index (χ1) is 18.6. The number of benzene rings is 3. The normalized spacial score (nSPS) is 16.6. The molecular formula is C31H35N5O2. The highest BCUT2D eigenvalue weighted by atomic mass is 16.5. The van der Waals surface area contributed by atoms with Crippen LogP contribution in [-0.4, -0.2) is 53.2 Å². The Bertz CT molecular complexity index is 1470. The predicted octanol–water partition coefficient (Wildman–Crippen LogP) is 4.76. The zero-order valence-electron chi connectivity index (χ0n) is 22.0. The van der Waals surface area contributed by atoms with Crippen molar-refractivity contribution in [3.05, 3.63) is 77.6 Å². The monoisotopic (exact) mass is 509 g/mol. The number of aromatic nitrogens is 2. The number of likely N-dealkylation sites (tertiary alicyclic amines) is 1. The topological polar surface area (TPSA) is 97.2 Å². The van der Waals surface area contributed by atoms with Gasteiger partial charge in [0, 0.05) is 51.7 Å². The summed E-state index contributed by atoms with van der Waals surface area (Å²) >= 11 is 0. The second kappa shape index (κ2) is 11.8. The Morgan fingerprint density at radius 3 is 2.84 bits per heavy atom. The van der Waals surface area contributed by atoms with Crippen LogP contribution in [0.25, 0.3) is 21.8 Å². The van der Waals surface area contributed by atoms with Crippen molar-refractivity contribution in [3.8, 4) is 6.07 Å². The van der Waals surface area contributed by atoms with Crippen LogP contribution in [0.2, 0.25) is 0 Å². The third-order valence-electron chi connectivity index (χ3n) is 7.52. The largest absolute Gasteiger partial charge is 0.385 e. The van der Waals surface area contributed by atoms with Crippen molar-refractivity contribution in [2.45, 2.75) is 50.6 Å². The van der Waals surface area contributed by atoms with E-state index < -0.39 is 0 Å². The van der Waals surface area contributed by atoms with Gasteiger partial charge in [0.15, 0.2) is 0 Å². The maximum Gasteiger partial charge on any atom is 0.224 e. The zero-order valence-corrected chi connectivity index (χ0v) is 22.0. The van der Waals surface area contributed by atoms with Gasteiger partial charge in [0.25, 0.3) is 0 Å². The average molecular weight is 510 g/mol. The lowest BCUT2D eigenvalue weighted by Crippen LogP contribution is -2.42. The number of carbonyl (C=O) groups excluding carboxylic acids is 1. The van der Waals surface area contributed by atoms with Gasteiger partial charge in [-0.3, -0.25) is 4.79 Å². The van der Waals surface area contributed by atoms with Crippen LogP contribution in [0.3, 0.4) is 0 Å². The minimum absolute atomic E-state index is 0.108. The Morgan fingerprint density at radius 1 is 1.18 bits per heavy atom. The maximum absolute atomic E-state index is 13.3. The van der Waals surface area contributed by atoms with E-state index in [1.54, 1.807) is 7.11 Å². The van der Waals surface area contributed by atoms with Gasteiger partial charge < -0.3 is 19.9 Å². The minimum Gasteiger partial charge on any atom is -0.385 e. The molecule has 1 amide bonds. The van der Waals surface area contributed by atoms with E-state index in [4.69, 9.17) is 15.5 Å². The van der Waals surface area contributed by atoms with Crippen LogP contribution < -0.4 is 5.73 Å². The number of imidazole rings is 1. The maximum atomic E-state index is 13.3. The first-order valence-corrected chi connectivity index (χ1v) is 13.5. The molecule has 38 heavy (non-hydrogen) atoms. The summed E-state index contributed by atoms with van der Waals surface area (Å²) < 4.78 is 7.50. The molecule has 1 aliphatic heterocycles. The molecule has 2 unspecified atom stereocenters. The van der Waals surface area contributed by atoms with Crippen LogP contribution in [0.15, 0.2) is 60.7 Å². The Hall–Kier alpha value is -3.73. The fourth-order valence-electron chi connectivity index (χ4n) is 5.63. The lowest BCUT2D eigenvalue weighted by molar-refractivity contribution is -0.132. The van der Waals surface area contributed by atoms with Crippen molar-refractivity contribution in [2.75, 3.05) is 26.8 Å². The summed E-state index contributed by atoms with van der Waals surface area (Å²) in [5, 5.41) is 11.8. The van der Waals surface area contributed by atoms with Gasteiger partial charge in [0.05, 0.1) is 22.7 Å². The average Bonchev–Trinajstić information content (AvgIpc) is 3.30. The summed E-state index contributed by atoms with van der Waals surface area (Å²) in [5.74, 6) is 1.24. The number of carbonyl (C=O) groups is 1. The van der Waals surface area contributed by atoms with E-state index in [1.807, 2.05) is 35.2 Å². The molecular weight excluding hydrogens is 474 g/mol. The number of rotatable bonds is 9. The molecule has 2 N–H and O–H groups in total. The molecule has 7 nitrogen and oxygen atoms in total. The van der Waals surface area contributed by atoms with Crippen molar-refractivity contribution < 1.29 is 9.53 Å². The van der Waals surface area contributed by atoms with Crippen molar-refractivity contribution in [3.63, 3.8) is 0 Å². The highest BCUT2D eigenvalue weighted by Gasteiger charge is 2.29. The van der Waals surface area contributed by atoms with Gasteiger partial charge in [-0.15, -0.1) is 0 Å². The summed E-state index contributed by atoms with van der Waals surface area (Å²) in [6.07, 6.45) is 3.76. The third-order valence-corrected chi connectivity index (χ3v) is 7.52. The minimum atomic E-state index is -0.230. The quantitative estimate of drug-likeness (QED) is 0.328. The molecule has 7 heteroatoms. The SMILES string of the molecule is COCCCn1c(C2CCCN(C(=O)CC(N)Cc3ccc4ccccc4c3)C2)nc2ccc(C#N)cc21. The Balaban J connectivity index is 1.28. The molecule has 1 aromatic heterocycles. The van der Waals surface area contributed by atoms with Crippen LogP contribution in [0.5, 0.6) is 0 Å². The number of amides is 1. The second-order valence-corrected chi connectivity index (χ2v) is 10.3. The smallest absolute Gasteiger partial charge is 0.224 e. The molecule has 196 valence electrons. The molecule has 0 aliphatic carbocycles. The zero-order chi connectivity index (χ0) is 26.5. The third kappa shape index (κ3) is 5.72. The van der Waals surface area contributed by atoms with Crippen LogP contribution in [0.4, 0.5) is 0 Å². The number of aryl methyl sites for hydroxylation is 1. The summed E-state index contributed by atoms with van der Waals surface area (Å²) in [7, 11) is 1.70. The number of nitrogens with two attached hydrogens (primary N) is 1. The molecule has 0 radical (unpaired) electrons. The lowest BCUT2D eigenvalue weighted by atomic mass is 9.95. The first kappa shape index (κ1) is 25.9. The molecule has 2 heterocycles. The van der Waals surface area contributed by atoms with Crippen LogP contribution >= 0.6 is 0 Å². The van der Waals surface area contributed by atoms with E-state index in [1.165, 1.54) is 10.8 Å². The van der Waals surface area contributed by atoms with Crippen molar-refractivity contribution in [1.82, 2.24) is 14.5 Å². The molecule has 3 aromatic carbocycles. The summed E-state index contributed by atoms with van der Waals surface area (Å²) in [5.41, 5.74) is 10.1. The Labute approximate surface area is 223 Å². The molecule has 4 aromatic rings. The van der Waals surface area contributed by atoms with Crippen molar-refractivity contribution in [2.24, 2.45) is 5.73 Å². The summed E-state index contributed by atoms with van der Waals surface area (Å²) in [6, 6.07) is 22.3. The number of nitriles is 1. The molecule has 5 rings (SSSR count). The van der Waals surface area contributed by atoms with E-state index in [0.717, 1.165) is 54.8 Å². The lowest BCUT2D eigenvalue weighted by Gasteiger charge is -2.33. The Kier molecular flexibility index (Phi) is 8.02. The summed E-state index contributed by atoms with van der Waals surface area (Å²) in [4.78, 5) is 20.2. The number of piperidine rings is 1. The predicted molar refractivity (Wildman–Crippen MR) is 150 cm³/mol. The number of nitrogens with zero attached hydrogens (tertiary/aromatic N) is 4. The van der Waals surface area contributed by atoms with Crippen LogP contribution in [0, 0.1) is 11.3 Å². The summed E-state index contributed by atoms with van der Waals surface area (Å²) in [6.45, 7) is 2.80. The molecule has 0 bridgehead atoms. The molecule has 1 aliphatic rings. The van der Waals surface area contributed by atoms with Gasteiger partial charge in [-0.1, -0.05) is 42.5 Å². The highest BCUT2D eigenvalue weighted by molar-refractivity contribution is 5.83. The van der Waals surface area contributed by atoms with Gasteiger partial charge in [-0.2, -0.15) is 5.26 Å². The van der Waals surface area contributed by atoms with Gasteiger partial charge in [0.2, 0.25) is 5.91 Å². The van der Waals surface area contributed by atoms with Crippen molar-refractivity contribution in [1.29, 1.82) is 5.26 Å². The molecule has 1 fully saturated rings. The standard InChI is InChI=1S/C31H35N5O2/c1-38-15-5-14-36-29-18-23(20-32)10-12-28(29)34-31(36)26-8-4-13-35(21-26)30(37)19-27(33)17-22-9-11-24-6-2-3-7-25(24)16-22/h2-3,6-7,9-12,16,18,26-27H,4-5,8,13-15,17,19,21,33H2,1H3. The van der Waals surface area contributed by atoms with Gasteiger partial charge in [-0.05, 0) is 60.2 Å². The molecule has 0 spiro atoms. The van der Waals surface area contributed by atoms with Gasteiger partial charge in [-0.25, -0.2) is 4.98 Å². The van der Waals surface area contributed by atoms with Crippen LogP contribution in [-0.2, 0) is 22.5 Å². The second-order valence-electron chi connectivity index (χ2n) is 10.3. The molecule has 0 saturated carbocycles. The van der Waals surface area contributed by atoms with Gasteiger partial charge in [0.1, 0.15) is 5.82 Å². The molecule has 2 atom stereocenters. The highest BCUT2D eigenvalue weighted by Crippen LogP contribution is 2.30. The number of hydrogen-bond donors (Lipinski definition) is 1. The van der Waals surface area contributed by atoms with E-state index in [2.05, 4.69) is 41.0 Å². The van der Waals surface area contributed by atoms with Crippen molar-refractivity contribution >= 4 is 27.7 Å². The van der Waals surface area contributed by atoms with E-state index in [-0.39, 0.29) is 17.9 Å². The number of fused-ring (bicyclic) bond motifs is 2. The van der Waals surface area contributed by atoms with E-state index >= 15 is 0 Å². The van der Waals surface area contributed by atoms with E-state index in [0.29, 0.717) is 31.6 Å². The van der Waals surface area contributed by atoms with Crippen LogP contribution in [0.1, 0.15) is 48.6 Å². The number of methoxy groups -OCH3 is 1. The van der Waals surface area contributed by atoms with Gasteiger partial charge >= 0.3 is 0 Å². The molecule has 1 saturated heterocycles. The number of ether oxygens (including phenoxy) is 1. The Morgan fingerprint density at radius 2 is 2.03 bits per heavy atom. The fraction of sp³-hybridized carbons (Fsp3) is 0.387. The number of hydrogen-bond acceptors (Lipinski definition) is 5. The van der Waals surface area contributed by atoms with E-state index in [9.17, 15) is 10.1 Å². The first-order valence-electron chi connectivity index (χ1n) is 13.5.